The van der Waals surface area contributed by atoms with Crippen molar-refractivity contribution in [3.63, 3.8) is 0 Å². The van der Waals surface area contributed by atoms with E-state index in [0.717, 1.165) is 36.5 Å². The summed E-state index contributed by atoms with van der Waals surface area (Å²) in [7, 11) is 0. The lowest BCUT2D eigenvalue weighted by molar-refractivity contribution is 0.102. The molecule has 2 N–H and O–H groups in total. The van der Waals surface area contributed by atoms with Crippen LogP contribution in [0.25, 0.3) is 0 Å². The molecule has 0 saturated carbocycles. The van der Waals surface area contributed by atoms with Gasteiger partial charge in [-0.2, -0.15) is 0 Å². The Kier molecular flexibility index (Phi) is 5.93. The normalized spacial score (nSPS) is 13.0. The van der Waals surface area contributed by atoms with Gasteiger partial charge in [0.05, 0.1) is 0 Å². The van der Waals surface area contributed by atoms with Crippen LogP contribution < -0.4 is 10.6 Å². The van der Waals surface area contributed by atoms with Gasteiger partial charge in [-0.1, -0.05) is 0 Å². The number of anilines is 2. The minimum Gasteiger partial charge on any atom is -0.344 e. The standard InChI is InChI=1S/C18H18FN3O.ClH/c1-12-11-15(8-9-16(12)22-17-3-2-10-20-17)21-18(23)13-4-6-14(19)7-5-13;/h4-9,11H,2-3,10H2,1H3,(H,20,22)(H,21,23);1H. The minimum absolute atomic E-state index is 0. The Labute approximate surface area is 146 Å². The third kappa shape index (κ3) is 4.32. The van der Waals surface area contributed by atoms with E-state index in [1.165, 1.54) is 24.3 Å². The van der Waals surface area contributed by atoms with Crippen LogP contribution in [0, 0.1) is 12.7 Å². The number of benzene rings is 2. The van der Waals surface area contributed by atoms with Crippen LogP contribution in [0.4, 0.5) is 15.8 Å². The van der Waals surface area contributed by atoms with E-state index >= 15 is 0 Å². The van der Waals surface area contributed by atoms with Crippen molar-refractivity contribution in [1.82, 2.24) is 0 Å². The Morgan fingerprint density at radius 3 is 2.54 bits per heavy atom. The van der Waals surface area contributed by atoms with E-state index in [0.29, 0.717) is 11.3 Å². The van der Waals surface area contributed by atoms with Crippen molar-refractivity contribution in [3.05, 3.63) is 59.4 Å². The van der Waals surface area contributed by atoms with Gasteiger partial charge in [-0.25, -0.2) is 4.39 Å². The van der Waals surface area contributed by atoms with E-state index in [4.69, 9.17) is 0 Å². The average Bonchev–Trinajstić information content (AvgIpc) is 3.04. The maximum Gasteiger partial charge on any atom is 0.255 e. The summed E-state index contributed by atoms with van der Waals surface area (Å²) in [5, 5.41) is 6.14. The summed E-state index contributed by atoms with van der Waals surface area (Å²) < 4.78 is 12.9. The highest BCUT2D eigenvalue weighted by Gasteiger charge is 2.10. The van der Waals surface area contributed by atoms with Gasteiger partial charge in [-0.3, -0.25) is 9.79 Å². The molecule has 2 aromatic carbocycles. The van der Waals surface area contributed by atoms with E-state index in [2.05, 4.69) is 15.6 Å². The number of hydrogen-bond donors (Lipinski definition) is 2. The van der Waals surface area contributed by atoms with E-state index < -0.39 is 0 Å². The molecule has 0 radical (unpaired) electrons. The first kappa shape index (κ1) is 17.9. The lowest BCUT2D eigenvalue weighted by Gasteiger charge is -2.12. The summed E-state index contributed by atoms with van der Waals surface area (Å²) in [6, 6.07) is 11.1. The highest BCUT2D eigenvalue weighted by molar-refractivity contribution is 6.04. The van der Waals surface area contributed by atoms with Crippen LogP contribution in [0.5, 0.6) is 0 Å². The SMILES string of the molecule is Cc1cc(NC(=O)c2ccc(F)cc2)ccc1NC1=NCCC1.Cl. The predicted molar refractivity (Wildman–Crippen MR) is 97.9 cm³/mol. The molecule has 0 unspecified atom stereocenters. The number of halogens is 2. The smallest absolute Gasteiger partial charge is 0.255 e. The van der Waals surface area contributed by atoms with E-state index in [1.807, 2.05) is 25.1 Å². The molecule has 0 saturated heterocycles. The third-order valence-electron chi connectivity index (χ3n) is 3.74. The molecule has 1 aliphatic rings. The molecule has 4 nitrogen and oxygen atoms in total. The Bertz CT molecular complexity index is 759. The fourth-order valence-corrected chi connectivity index (χ4v) is 2.48. The zero-order valence-corrected chi connectivity index (χ0v) is 14.1. The van der Waals surface area contributed by atoms with Crippen molar-refractivity contribution in [3.8, 4) is 0 Å². The van der Waals surface area contributed by atoms with Crippen LogP contribution in [0.1, 0.15) is 28.8 Å². The molecule has 0 aromatic heterocycles. The van der Waals surface area contributed by atoms with Crippen molar-refractivity contribution in [2.75, 3.05) is 17.2 Å². The number of carbonyl (C=O) groups excluding carboxylic acids is 1. The molecular formula is C18H19ClFN3O. The van der Waals surface area contributed by atoms with Gasteiger partial charge in [0.25, 0.3) is 5.91 Å². The molecule has 126 valence electrons. The van der Waals surface area contributed by atoms with Gasteiger partial charge >= 0.3 is 0 Å². The van der Waals surface area contributed by atoms with Crippen LogP contribution in [-0.4, -0.2) is 18.3 Å². The number of aliphatic imine (C=N–C) groups is 1. The molecule has 0 bridgehead atoms. The summed E-state index contributed by atoms with van der Waals surface area (Å²) >= 11 is 0. The van der Waals surface area contributed by atoms with Crippen molar-refractivity contribution in [1.29, 1.82) is 0 Å². The minimum atomic E-state index is -0.359. The molecule has 6 heteroatoms. The van der Waals surface area contributed by atoms with Gasteiger partial charge in [0.15, 0.2) is 0 Å². The molecule has 0 atom stereocenters. The number of amidine groups is 1. The first-order valence-corrected chi connectivity index (χ1v) is 7.60. The van der Waals surface area contributed by atoms with Gasteiger partial charge in [-0.15, -0.1) is 12.4 Å². The second-order valence-corrected chi connectivity index (χ2v) is 5.55. The molecule has 0 spiro atoms. The maximum atomic E-state index is 12.9. The Hall–Kier alpha value is -2.40. The summed E-state index contributed by atoms with van der Waals surface area (Å²) in [5.41, 5.74) is 3.14. The third-order valence-corrected chi connectivity index (χ3v) is 3.74. The number of hydrogen-bond acceptors (Lipinski definition) is 3. The summed E-state index contributed by atoms with van der Waals surface area (Å²) in [5.74, 6) is 0.393. The fourth-order valence-electron chi connectivity index (χ4n) is 2.48. The van der Waals surface area contributed by atoms with E-state index in [9.17, 15) is 9.18 Å². The molecule has 2 aromatic rings. The van der Waals surface area contributed by atoms with Crippen LogP contribution >= 0.6 is 12.4 Å². The highest BCUT2D eigenvalue weighted by atomic mass is 35.5. The van der Waals surface area contributed by atoms with Gasteiger partial charge in [0.1, 0.15) is 11.7 Å². The van der Waals surface area contributed by atoms with Gasteiger partial charge in [0, 0.05) is 29.9 Å². The molecule has 1 heterocycles. The highest BCUT2D eigenvalue weighted by Crippen LogP contribution is 2.21. The van der Waals surface area contributed by atoms with Gasteiger partial charge < -0.3 is 10.6 Å². The summed E-state index contributed by atoms with van der Waals surface area (Å²) in [6.07, 6.45) is 2.07. The second kappa shape index (κ2) is 7.93. The van der Waals surface area contributed by atoms with E-state index in [1.54, 1.807) is 0 Å². The number of amides is 1. The van der Waals surface area contributed by atoms with Crippen LogP contribution in [0.2, 0.25) is 0 Å². The molecule has 3 rings (SSSR count). The first-order valence-electron chi connectivity index (χ1n) is 7.60. The number of nitrogens with one attached hydrogen (secondary N) is 2. The zero-order chi connectivity index (χ0) is 16.2. The van der Waals surface area contributed by atoms with Gasteiger partial charge in [-0.05, 0) is 61.4 Å². The van der Waals surface area contributed by atoms with Crippen molar-refractivity contribution in [2.24, 2.45) is 4.99 Å². The van der Waals surface area contributed by atoms with Crippen LogP contribution in [0.15, 0.2) is 47.5 Å². The Balaban J connectivity index is 0.00000208. The number of carbonyl (C=O) groups is 1. The topological polar surface area (TPSA) is 53.5 Å². The fraction of sp³-hybridized carbons (Fsp3) is 0.222. The molecule has 1 amide bonds. The summed E-state index contributed by atoms with van der Waals surface area (Å²) in [4.78, 5) is 16.5. The number of rotatable bonds is 3. The summed E-state index contributed by atoms with van der Waals surface area (Å²) in [6.45, 7) is 2.86. The lowest BCUT2D eigenvalue weighted by atomic mass is 10.1. The Morgan fingerprint density at radius 1 is 1.17 bits per heavy atom. The zero-order valence-electron chi connectivity index (χ0n) is 13.3. The monoisotopic (exact) mass is 347 g/mol. The molecule has 1 aliphatic heterocycles. The number of nitrogens with zero attached hydrogens (tertiary/aromatic N) is 1. The van der Waals surface area contributed by atoms with Crippen molar-refractivity contribution < 1.29 is 9.18 Å². The van der Waals surface area contributed by atoms with Crippen molar-refractivity contribution >= 4 is 35.5 Å². The Morgan fingerprint density at radius 2 is 1.92 bits per heavy atom. The van der Waals surface area contributed by atoms with Crippen LogP contribution in [-0.2, 0) is 0 Å². The largest absolute Gasteiger partial charge is 0.344 e. The van der Waals surface area contributed by atoms with E-state index in [-0.39, 0.29) is 24.1 Å². The average molecular weight is 348 g/mol. The lowest BCUT2D eigenvalue weighted by Crippen LogP contribution is -2.13. The maximum absolute atomic E-state index is 12.9. The molecule has 24 heavy (non-hydrogen) atoms. The van der Waals surface area contributed by atoms with Crippen LogP contribution in [0.3, 0.4) is 0 Å². The molecular weight excluding hydrogens is 329 g/mol. The first-order chi connectivity index (χ1) is 11.1. The van der Waals surface area contributed by atoms with Gasteiger partial charge in [0.2, 0.25) is 0 Å². The second-order valence-electron chi connectivity index (χ2n) is 5.55. The molecule has 0 aliphatic carbocycles. The van der Waals surface area contributed by atoms with Crippen molar-refractivity contribution in [2.45, 2.75) is 19.8 Å². The quantitative estimate of drug-likeness (QED) is 0.864. The molecule has 0 fully saturated rings. The number of aryl methyl sites for hydroxylation is 1. The predicted octanol–water partition coefficient (Wildman–Crippen LogP) is 4.41.